The molecule has 0 radical (unpaired) electrons. The molecule has 2 fully saturated rings. The number of imidazole rings is 1. The van der Waals surface area contributed by atoms with Gasteiger partial charge in [0.05, 0.1) is 40.4 Å². The van der Waals surface area contributed by atoms with Crippen LogP contribution in [0.5, 0.6) is 0 Å². The van der Waals surface area contributed by atoms with Crippen molar-refractivity contribution in [3.05, 3.63) is 83.3 Å². The minimum Gasteiger partial charge on any atom is -0.384 e. The number of fused-ring (bicyclic) bond motifs is 3. The SMILES string of the molecule is Cn1ncc2cc(C(=O)Nc3ccc4[nH]c(CN5CCC(CC(=O)NCCCCCCCCNc6cccc7c6C(=O)N(C6CCC(=O)NC6=O)C7=O)C5)nc4c3)ccc21. The lowest BCUT2D eigenvalue weighted by molar-refractivity contribution is -0.136. The quantitative estimate of drug-likeness (QED) is 0.0636. The number of imide groups is 2. The Morgan fingerprint density at radius 2 is 1.72 bits per heavy atom. The Kier molecular flexibility index (Phi) is 12.0. The molecule has 3 aromatic carbocycles. The number of carbonyl (C=O) groups excluding carboxylic acids is 6. The van der Waals surface area contributed by atoms with E-state index in [0.29, 0.717) is 48.9 Å². The van der Waals surface area contributed by atoms with Gasteiger partial charge >= 0.3 is 0 Å². The summed E-state index contributed by atoms with van der Waals surface area (Å²) in [5, 5.41) is 16.8. The van der Waals surface area contributed by atoms with Crippen LogP contribution < -0.4 is 21.3 Å². The van der Waals surface area contributed by atoms with Gasteiger partial charge in [0, 0.05) is 61.8 Å². The molecule has 5 aromatic rings. The number of unbranched alkanes of at least 4 members (excludes halogenated alkanes) is 5. The lowest BCUT2D eigenvalue weighted by atomic mass is 10.0. The molecule has 60 heavy (non-hydrogen) atoms. The van der Waals surface area contributed by atoms with Crippen molar-refractivity contribution < 1.29 is 28.8 Å². The number of aryl methyl sites for hydroxylation is 1. The van der Waals surface area contributed by atoms with E-state index in [2.05, 4.69) is 36.2 Å². The van der Waals surface area contributed by atoms with Gasteiger partial charge in [0.15, 0.2) is 0 Å². The van der Waals surface area contributed by atoms with Gasteiger partial charge in [-0.25, -0.2) is 4.98 Å². The topological polar surface area (TPSA) is 204 Å². The number of nitrogens with one attached hydrogen (secondary N) is 5. The Labute approximate surface area is 346 Å². The van der Waals surface area contributed by atoms with Crippen LogP contribution in [-0.2, 0) is 28.0 Å². The average Bonchev–Trinajstić information content (AvgIpc) is 4.01. The van der Waals surface area contributed by atoms with Gasteiger partial charge in [-0.2, -0.15) is 5.10 Å². The fraction of sp³-hybridized carbons (Fsp3) is 0.409. The van der Waals surface area contributed by atoms with Crippen LogP contribution in [0.25, 0.3) is 21.9 Å². The molecule has 0 bridgehead atoms. The van der Waals surface area contributed by atoms with Crippen molar-refractivity contribution in [2.75, 3.05) is 36.8 Å². The number of hydrogen-bond donors (Lipinski definition) is 5. The predicted molar refractivity (Wildman–Crippen MR) is 225 cm³/mol. The second kappa shape index (κ2) is 17.8. The first-order valence-corrected chi connectivity index (χ1v) is 20.9. The lowest BCUT2D eigenvalue weighted by Gasteiger charge is -2.27. The van der Waals surface area contributed by atoms with Crippen LogP contribution in [0.15, 0.2) is 60.8 Å². The zero-order valence-electron chi connectivity index (χ0n) is 33.7. The number of carbonyl (C=O) groups is 6. The second-order valence-electron chi connectivity index (χ2n) is 16.1. The Balaban J connectivity index is 0.686. The summed E-state index contributed by atoms with van der Waals surface area (Å²) in [5.74, 6) is -0.991. The molecule has 2 aromatic heterocycles. The van der Waals surface area contributed by atoms with Gasteiger partial charge in [-0.05, 0) is 86.7 Å². The summed E-state index contributed by atoms with van der Waals surface area (Å²) in [6.07, 6.45) is 9.38. The maximum Gasteiger partial charge on any atom is 0.264 e. The summed E-state index contributed by atoms with van der Waals surface area (Å²) in [6, 6.07) is 15.3. The number of aromatic nitrogens is 4. The number of aromatic amines is 1. The Morgan fingerprint density at radius 1 is 0.900 bits per heavy atom. The van der Waals surface area contributed by atoms with Crippen LogP contribution >= 0.6 is 0 Å². The number of rotatable bonds is 17. The first-order chi connectivity index (χ1) is 29.1. The second-order valence-corrected chi connectivity index (χ2v) is 16.1. The fourth-order valence-corrected chi connectivity index (χ4v) is 8.56. The largest absolute Gasteiger partial charge is 0.384 e. The van der Waals surface area contributed by atoms with Gasteiger partial charge in [0.1, 0.15) is 11.9 Å². The maximum absolute atomic E-state index is 13.3. The summed E-state index contributed by atoms with van der Waals surface area (Å²) >= 11 is 0. The van der Waals surface area contributed by atoms with Crippen molar-refractivity contribution in [1.82, 2.24) is 40.2 Å². The molecule has 16 heteroatoms. The lowest BCUT2D eigenvalue weighted by Crippen LogP contribution is -2.54. The zero-order valence-corrected chi connectivity index (χ0v) is 33.7. The third-order valence-corrected chi connectivity index (χ3v) is 11.7. The summed E-state index contributed by atoms with van der Waals surface area (Å²) in [7, 11) is 1.87. The molecule has 312 valence electrons. The van der Waals surface area contributed by atoms with Crippen LogP contribution in [0.3, 0.4) is 0 Å². The Bertz CT molecular complexity index is 2470. The first kappa shape index (κ1) is 40.4. The summed E-state index contributed by atoms with van der Waals surface area (Å²) in [4.78, 5) is 87.5. The normalized spacial score (nSPS) is 18.1. The van der Waals surface area contributed by atoms with E-state index in [0.717, 1.165) is 90.7 Å². The van der Waals surface area contributed by atoms with Gasteiger partial charge < -0.3 is 20.9 Å². The van der Waals surface area contributed by atoms with E-state index in [-0.39, 0.29) is 35.8 Å². The standard InChI is InChI=1S/C44H50N10O6/c1-52-35-14-11-28(22-29(35)24-47-52)41(57)48-30-12-13-32-34(23-30)50-37(49-32)26-53-20-17-27(25-53)21-39(56)46-19-7-5-3-2-4-6-18-45-33-10-8-9-31-40(33)44(60)54(43(31)59)36-15-16-38(55)51-42(36)58/h8-14,22-24,27,36,45H,2-7,15-21,25-26H2,1H3,(H,46,56)(H,48,57)(H,49,50)(H,51,55,58). The van der Waals surface area contributed by atoms with E-state index >= 15 is 0 Å². The van der Waals surface area contributed by atoms with E-state index in [1.807, 2.05) is 37.4 Å². The average molecular weight is 815 g/mol. The van der Waals surface area contributed by atoms with Crippen LogP contribution in [0.1, 0.15) is 101 Å². The van der Waals surface area contributed by atoms with Gasteiger partial charge in [-0.1, -0.05) is 31.7 Å². The molecule has 0 aliphatic carbocycles. The number of H-pyrrole nitrogens is 1. The molecule has 3 aliphatic heterocycles. The van der Waals surface area contributed by atoms with E-state index in [9.17, 15) is 28.8 Å². The van der Waals surface area contributed by atoms with E-state index in [4.69, 9.17) is 4.98 Å². The number of anilines is 2. The molecular weight excluding hydrogens is 765 g/mol. The Morgan fingerprint density at radius 3 is 2.55 bits per heavy atom. The number of likely N-dealkylation sites (tertiary alicyclic amines) is 1. The fourth-order valence-electron chi connectivity index (χ4n) is 8.56. The molecule has 2 unspecified atom stereocenters. The molecule has 6 amide bonds. The number of piperidine rings is 1. The summed E-state index contributed by atoms with van der Waals surface area (Å²) in [6.45, 7) is 3.71. The van der Waals surface area contributed by atoms with Crippen molar-refractivity contribution in [3.8, 4) is 0 Å². The highest BCUT2D eigenvalue weighted by molar-refractivity contribution is 6.25. The van der Waals surface area contributed by atoms with Crippen LogP contribution in [0, 0.1) is 5.92 Å². The molecule has 16 nitrogen and oxygen atoms in total. The van der Waals surface area contributed by atoms with Crippen molar-refractivity contribution in [2.45, 2.75) is 76.8 Å². The minimum absolute atomic E-state index is 0.0817. The highest BCUT2D eigenvalue weighted by atomic mass is 16.2. The smallest absolute Gasteiger partial charge is 0.264 e. The van der Waals surface area contributed by atoms with Crippen molar-refractivity contribution in [2.24, 2.45) is 13.0 Å². The van der Waals surface area contributed by atoms with Crippen LogP contribution in [0.4, 0.5) is 11.4 Å². The molecule has 2 atom stereocenters. The first-order valence-electron chi connectivity index (χ1n) is 20.9. The monoisotopic (exact) mass is 814 g/mol. The molecule has 0 spiro atoms. The molecule has 3 aliphatic rings. The number of benzene rings is 3. The molecule has 5 heterocycles. The highest BCUT2D eigenvalue weighted by Crippen LogP contribution is 2.32. The van der Waals surface area contributed by atoms with Gasteiger partial charge in [-0.3, -0.25) is 48.6 Å². The summed E-state index contributed by atoms with van der Waals surface area (Å²) < 4.78 is 1.78. The van der Waals surface area contributed by atoms with Crippen LogP contribution in [-0.4, -0.2) is 97.2 Å². The van der Waals surface area contributed by atoms with Crippen molar-refractivity contribution in [1.29, 1.82) is 0 Å². The summed E-state index contributed by atoms with van der Waals surface area (Å²) in [5.41, 5.74) is 4.99. The third-order valence-electron chi connectivity index (χ3n) is 11.7. The molecule has 0 saturated carbocycles. The molecule has 8 rings (SSSR count). The van der Waals surface area contributed by atoms with Gasteiger partial charge in [0.2, 0.25) is 17.7 Å². The van der Waals surface area contributed by atoms with Crippen LogP contribution in [0.2, 0.25) is 0 Å². The van der Waals surface area contributed by atoms with Crippen molar-refractivity contribution >= 4 is 68.8 Å². The molecule has 5 N–H and O–H groups in total. The van der Waals surface area contributed by atoms with Crippen molar-refractivity contribution in [3.63, 3.8) is 0 Å². The van der Waals surface area contributed by atoms with E-state index in [1.165, 1.54) is 0 Å². The molecular formula is C44H50N10O6. The van der Waals surface area contributed by atoms with E-state index < -0.39 is 29.7 Å². The zero-order chi connectivity index (χ0) is 41.8. The number of amides is 6. The predicted octanol–water partition coefficient (Wildman–Crippen LogP) is 4.88. The van der Waals surface area contributed by atoms with Gasteiger partial charge in [0.25, 0.3) is 17.7 Å². The maximum atomic E-state index is 13.3. The number of nitrogens with zero attached hydrogens (tertiary/aromatic N) is 5. The minimum atomic E-state index is -0.987. The van der Waals surface area contributed by atoms with Gasteiger partial charge in [-0.15, -0.1) is 0 Å². The molecule has 2 saturated heterocycles. The number of hydrogen-bond acceptors (Lipinski definition) is 10. The Hall–Kier alpha value is -6.42. The third kappa shape index (κ3) is 8.93. The highest BCUT2D eigenvalue weighted by Gasteiger charge is 2.45. The van der Waals surface area contributed by atoms with E-state index in [1.54, 1.807) is 35.1 Å².